The highest BCUT2D eigenvalue weighted by atomic mass is 32.1. The number of aromatic nitrogens is 1. The van der Waals surface area contributed by atoms with Crippen LogP contribution in [0.25, 0.3) is 0 Å². The number of hydrogen-bond acceptors (Lipinski definition) is 5. The Morgan fingerprint density at radius 1 is 1.29 bits per heavy atom. The molecule has 2 aromatic heterocycles. The van der Waals surface area contributed by atoms with Gasteiger partial charge in [0.25, 0.3) is 0 Å². The maximum Gasteiger partial charge on any atom is 0.118 e. The van der Waals surface area contributed by atoms with E-state index in [-0.39, 0.29) is 0 Å². The van der Waals surface area contributed by atoms with Crippen LogP contribution < -0.4 is 5.32 Å². The summed E-state index contributed by atoms with van der Waals surface area (Å²) in [7, 11) is 2.09. The van der Waals surface area contributed by atoms with E-state index in [1.54, 1.807) is 11.3 Å². The fourth-order valence-electron chi connectivity index (χ4n) is 2.17. The first-order chi connectivity index (χ1) is 10.0. The molecule has 21 heavy (non-hydrogen) atoms. The van der Waals surface area contributed by atoms with Crippen LogP contribution in [0.3, 0.4) is 0 Å². The van der Waals surface area contributed by atoms with Gasteiger partial charge in [0.1, 0.15) is 11.5 Å². The SMILES string of the molecule is Cc1nc(CN(C)Cc2ccc(CNCC(C)C)o2)cs1. The van der Waals surface area contributed by atoms with Gasteiger partial charge >= 0.3 is 0 Å². The van der Waals surface area contributed by atoms with E-state index in [0.717, 1.165) is 48.4 Å². The van der Waals surface area contributed by atoms with Crippen molar-refractivity contribution in [3.8, 4) is 0 Å². The lowest BCUT2D eigenvalue weighted by Crippen LogP contribution is -2.18. The molecule has 0 bridgehead atoms. The molecule has 5 heteroatoms. The van der Waals surface area contributed by atoms with E-state index in [1.165, 1.54) is 0 Å². The van der Waals surface area contributed by atoms with Gasteiger partial charge < -0.3 is 9.73 Å². The van der Waals surface area contributed by atoms with E-state index in [1.807, 2.05) is 6.92 Å². The molecule has 0 fully saturated rings. The van der Waals surface area contributed by atoms with Crippen LogP contribution in [0.15, 0.2) is 21.9 Å². The Morgan fingerprint density at radius 2 is 2.05 bits per heavy atom. The van der Waals surface area contributed by atoms with E-state index in [4.69, 9.17) is 4.42 Å². The summed E-state index contributed by atoms with van der Waals surface area (Å²) < 4.78 is 5.86. The average Bonchev–Trinajstić information content (AvgIpc) is 2.98. The monoisotopic (exact) mass is 307 g/mol. The van der Waals surface area contributed by atoms with Crippen LogP contribution >= 0.6 is 11.3 Å². The zero-order chi connectivity index (χ0) is 15.2. The minimum Gasteiger partial charge on any atom is -0.463 e. The molecule has 0 aromatic carbocycles. The highest BCUT2D eigenvalue weighted by Crippen LogP contribution is 2.13. The van der Waals surface area contributed by atoms with E-state index in [0.29, 0.717) is 5.92 Å². The summed E-state index contributed by atoms with van der Waals surface area (Å²) >= 11 is 1.70. The van der Waals surface area contributed by atoms with Gasteiger partial charge in [0.05, 0.1) is 23.8 Å². The number of furan rings is 1. The first-order valence-corrected chi connectivity index (χ1v) is 8.28. The molecule has 0 aliphatic heterocycles. The van der Waals surface area contributed by atoms with Crippen molar-refractivity contribution in [1.82, 2.24) is 15.2 Å². The largest absolute Gasteiger partial charge is 0.463 e. The average molecular weight is 307 g/mol. The summed E-state index contributed by atoms with van der Waals surface area (Å²) in [6, 6.07) is 4.12. The Hall–Kier alpha value is -1.17. The number of thiazole rings is 1. The van der Waals surface area contributed by atoms with E-state index in [2.05, 4.69) is 53.6 Å². The third-order valence-corrected chi connectivity index (χ3v) is 3.92. The summed E-state index contributed by atoms with van der Waals surface area (Å²) in [6.07, 6.45) is 0. The molecule has 116 valence electrons. The van der Waals surface area contributed by atoms with Crippen molar-refractivity contribution in [2.75, 3.05) is 13.6 Å². The smallest absolute Gasteiger partial charge is 0.118 e. The zero-order valence-electron chi connectivity index (χ0n) is 13.3. The fraction of sp³-hybridized carbons (Fsp3) is 0.562. The highest BCUT2D eigenvalue weighted by Gasteiger charge is 2.08. The molecule has 2 heterocycles. The molecule has 0 radical (unpaired) electrons. The lowest BCUT2D eigenvalue weighted by atomic mass is 10.2. The topological polar surface area (TPSA) is 41.3 Å². The van der Waals surface area contributed by atoms with Gasteiger partial charge in [-0.1, -0.05) is 13.8 Å². The summed E-state index contributed by atoms with van der Waals surface area (Å²) in [4.78, 5) is 6.71. The third kappa shape index (κ3) is 5.61. The summed E-state index contributed by atoms with van der Waals surface area (Å²) in [5.41, 5.74) is 1.13. The molecule has 0 atom stereocenters. The highest BCUT2D eigenvalue weighted by molar-refractivity contribution is 7.09. The van der Waals surface area contributed by atoms with Gasteiger partial charge in [-0.3, -0.25) is 4.90 Å². The number of aryl methyl sites for hydroxylation is 1. The summed E-state index contributed by atoms with van der Waals surface area (Å²) in [5, 5.41) is 6.63. The Kier molecular flexibility index (Phi) is 5.96. The second-order valence-corrected chi connectivity index (χ2v) is 6.99. The Bertz CT molecular complexity index is 547. The standard InChI is InChI=1S/C16H25N3OS/c1-12(2)7-17-8-15-5-6-16(20-15)10-19(4)9-14-11-21-13(3)18-14/h5-6,11-12,17H,7-10H2,1-4H3. The van der Waals surface area contributed by atoms with Gasteiger partial charge in [-0.2, -0.15) is 0 Å². The number of rotatable bonds is 8. The maximum absolute atomic E-state index is 5.86. The normalized spacial score (nSPS) is 11.7. The van der Waals surface area contributed by atoms with Crippen LogP contribution in [0.2, 0.25) is 0 Å². The third-order valence-electron chi connectivity index (χ3n) is 3.09. The molecule has 0 unspecified atom stereocenters. The molecule has 0 aliphatic rings. The first kappa shape index (κ1) is 16.2. The Balaban J connectivity index is 1.78. The van der Waals surface area contributed by atoms with Crippen molar-refractivity contribution >= 4 is 11.3 Å². The Morgan fingerprint density at radius 3 is 2.71 bits per heavy atom. The fourth-order valence-corrected chi connectivity index (χ4v) is 2.77. The van der Waals surface area contributed by atoms with Gasteiger partial charge in [0.15, 0.2) is 0 Å². The van der Waals surface area contributed by atoms with Gasteiger partial charge in [0.2, 0.25) is 0 Å². The van der Waals surface area contributed by atoms with Gasteiger partial charge in [-0.15, -0.1) is 11.3 Å². The predicted molar refractivity (Wildman–Crippen MR) is 87.3 cm³/mol. The minimum absolute atomic E-state index is 0.659. The van der Waals surface area contributed by atoms with Crippen molar-refractivity contribution in [1.29, 1.82) is 0 Å². The molecule has 1 N–H and O–H groups in total. The van der Waals surface area contributed by atoms with Crippen molar-refractivity contribution in [3.63, 3.8) is 0 Å². The molecule has 0 saturated carbocycles. The van der Waals surface area contributed by atoms with E-state index in [9.17, 15) is 0 Å². The number of nitrogens with zero attached hydrogens (tertiary/aromatic N) is 2. The molecule has 2 rings (SSSR count). The molecular weight excluding hydrogens is 282 g/mol. The van der Waals surface area contributed by atoms with Gasteiger partial charge in [0, 0.05) is 11.9 Å². The van der Waals surface area contributed by atoms with E-state index < -0.39 is 0 Å². The second kappa shape index (κ2) is 7.73. The van der Waals surface area contributed by atoms with Crippen LogP contribution in [0.4, 0.5) is 0 Å². The minimum atomic E-state index is 0.659. The van der Waals surface area contributed by atoms with Crippen molar-refractivity contribution in [2.24, 2.45) is 5.92 Å². The summed E-state index contributed by atoms with van der Waals surface area (Å²) in [5.74, 6) is 2.67. The van der Waals surface area contributed by atoms with Crippen molar-refractivity contribution in [3.05, 3.63) is 39.7 Å². The molecule has 0 spiro atoms. The van der Waals surface area contributed by atoms with Crippen LogP contribution in [-0.2, 0) is 19.6 Å². The maximum atomic E-state index is 5.86. The van der Waals surface area contributed by atoms with Crippen LogP contribution in [0.5, 0.6) is 0 Å². The molecule has 0 saturated heterocycles. The number of hydrogen-bond donors (Lipinski definition) is 1. The number of nitrogens with one attached hydrogen (secondary N) is 1. The second-order valence-electron chi connectivity index (χ2n) is 5.92. The molecule has 4 nitrogen and oxygen atoms in total. The molecule has 0 aliphatic carbocycles. The van der Waals surface area contributed by atoms with Gasteiger partial charge in [-0.05, 0) is 38.6 Å². The van der Waals surface area contributed by atoms with Crippen LogP contribution in [-0.4, -0.2) is 23.5 Å². The Labute approximate surface area is 131 Å². The van der Waals surface area contributed by atoms with Crippen molar-refractivity contribution in [2.45, 2.75) is 40.4 Å². The molecular formula is C16H25N3OS. The van der Waals surface area contributed by atoms with Crippen LogP contribution in [0.1, 0.15) is 36.1 Å². The zero-order valence-corrected chi connectivity index (χ0v) is 14.2. The van der Waals surface area contributed by atoms with E-state index >= 15 is 0 Å². The van der Waals surface area contributed by atoms with Crippen molar-refractivity contribution < 1.29 is 4.42 Å². The molecule has 0 amide bonds. The molecule has 2 aromatic rings. The lowest BCUT2D eigenvalue weighted by Gasteiger charge is -2.13. The lowest BCUT2D eigenvalue weighted by molar-refractivity contribution is 0.280. The van der Waals surface area contributed by atoms with Crippen LogP contribution in [0, 0.1) is 12.8 Å². The van der Waals surface area contributed by atoms with Gasteiger partial charge in [-0.25, -0.2) is 4.98 Å². The predicted octanol–water partition coefficient (Wildman–Crippen LogP) is 3.42. The summed E-state index contributed by atoms with van der Waals surface area (Å²) in [6.45, 7) is 9.92. The first-order valence-electron chi connectivity index (χ1n) is 7.41. The quantitative estimate of drug-likeness (QED) is 0.811.